The number of benzene rings is 2. The summed E-state index contributed by atoms with van der Waals surface area (Å²) < 4.78 is 5.20. The van der Waals surface area contributed by atoms with Crippen LogP contribution >= 0.6 is 0 Å². The van der Waals surface area contributed by atoms with E-state index in [1.54, 1.807) is 18.2 Å². The lowest BCUT2D eigenvalue weighted by molar-refractivity contribution is -0.384. The minimum atomic E-state index is -0.459. The van der Waals surface area contributed by atoms with Gasteiger partial charge in [0, 0.05) is 18.2 Å². The monoisotopic (exact) mass is 391 g/mol. The van der Waals surface area contributed by atoms with Crippen molar-refractivity contribution >= 4 is 29.7 Å². The molecule has 0 atom stereocenters. The third kappa shape index (κ3) is 5.62. The van der Waals surface area contributed by atoms with E-state index in [9.17, 15) is 15.2 Å². The van der Waals surface area contributed by atoms with Gasteiger partial charge in [-0.3, -0.25) is 15.1 Å². The number of non-ortho nitro benzene ring substituents is 1. The number of nitro benzene ring substituents is 1. The summed E-state index contributed by atoms with van der Waals surface area (Å²) in [5.74, 6) is -0.169. The Morgan fingerprint density at radius 1 is 1.21 bits per heavy atom. The Kier molecular flexibility index (Phi) is 6.52. The number of nitro groups is 1. The summed E-state index contributed by atoms with van der Waals surface area (Å²) in [7, 11) is 0. The predicted molar refractivity (Wildman–Crippen MR) is 113 cm³/mol. The van der Waals surface area contributed by atoms with Crippen LogP contribution in [-0.4, -0.2) is 21.2 Å². The highest BCUT2D eigenvalue weighted by atomic mass is 16.6. The Morgan fingerprint density at radius 2 is 2.00 bits per heavy atom. The number of aromatic hydroxyl groups is 1. The van der Waals surface area contributed by atoms with E-state index in [-0.39, 0.29) is 23.2 Å². The molecule has 0 aliphatic rings. The number of hydrogen-bond donors (Lipinski definition) is 1. The van der Waals surface area contributed by atoms with Gasteiger partial charge in [-0.1, -0.05) is 37.6 Å². The summed E-state index contributed by atoms with van der Waals surface area (Å²) >= 11 is 0. The first-order chi connectivity index (χ1) is 14.0. The smallest absolute Gasteiger partial charge is 0.312 e. The van der Waals surface area contributed by atoms with Crippen LogP contribution in [0.25, 0.3) is 12.2 Å². The minimum absolute atomic E-state index is 0.00376. The maximum atomic E-state index is 10.8. The molecule has 7 heteroatoms. The van der Waals surface area contributed by atoms with Crippen LogP contribution in [-0.2, 0) is 6.42 Å². The summed E-state index contributed by atoms with van der Waals surface area (Å²) in [5.41, 5.74) is 2.84. The number of oxazole rings is 1. The summed E-state index contributed by atoms with van der Waals surface area (Å²) in [6.07, 6.45) is 7.94. The number of aromatic nitrogens is 1. The quantitative estimate of drug-likeness (QED) is 0.308. The normalized spacial score (nSPS) is 11.5. The number of hydrogen-bond acceptors (Lipinski definition) is 6. The molecule has 7 nitrogen and oxygen atoms in total. The average molecular weight is 391 g/mol. The molecule has 29 heavy (non-hydrogen) atoms. The maximum absolute atomic E-state index is 10.8. The van der Waals surface area contributed by atoms with E-state index >= 15 is 0 Å². The molecule has 148 valence electrons. The molecule has 0 aliphatic carbocycles. The Balaban J connectivity index is 1.69. The molecule has 2 aromatic carbocycles. The molecule has 0 aliphatic heterocycles. The lowest BCUT2D eigenvalue weighted by Gasteiger charge is -1.99. The van der Waals surface area contributed by atoms with Crippen molar-refractivity contribution in [2.45, 2.75) is 26.2 Å². The van der Waals surface area contributed by atoms with Crippen LogP contribution in [0.2, 0.25) is 0 Å². The number of nitrogens with zero attached hydrogens (tertiary/aromatic N) is 3. The first-order valence-electron chi connectivity index (χ1n) is 9.30. The van der Waals surface area contributed by atoms with Crippen molar-refractivity contribution in [3.63, 3.8) is 0 Å². The van der Waals surface area contributed by atoms with Gasteiger partial charge >= 0.3 is 5.95 Å². The molecule has 1 N–H and O–H groups in total. The average Bonchev–Trinajstić information content (AvgIpc) is 3.09. The zero-order chi connectivity index (χ0) is 20.6. The lowest BCUT2D eigenvalue weighted by Crippen LogP contribution is -1.87. The van der Waals surface area contributed by atoms with Crippen molar-refractivity contribution in [1.29, 1.82) is 0 Å². The van der Waals surface area contributed by atoms with Crippen molar-refractivity contribution in [3.05, 3.63) is 81.4 Å². The molecule has 0 amide bonds. The first kappa shape index (κ1) is 20.0. The van der Waals surface area contributed by atoms with E-state index in [1.165, 1.54) is 30.0 Å². The topological polar surface area (TPSA) is 102 Å². The molecule has 1 aromatic heterocycles. The van der Waals surface area contributed by atoms with Crippen LogP contribution in [0.5, 0.6) is 5.95 Å². The summed E-state index contributed by atoms with van der Waals surface area (Å²) in [6.45, 7) is 2.16. The molecule has 0 saturated heterocycles. The third-order valence-corrected chi connectivity index (χ3v) is 4.24. The molecule has 0 bridgehead atoms. The van der Waals surface area contributed by atoms with E-state index in [1.807, 2.05) is 24.3 Å². The maximum Gasteiger partial charge on any atom is 0.312 e. The van der Waals surface area contributed by atoms with Gasteiger partial charge in [-0.05, 0) is 42.2 Å². The van der Waals surface area contributed by atoms with Crippen molar-refractivity contribution in [1.82, 2.24) is 4.98 Å². The molecule has 0 radical (unpaired) electrons. The fourth-order valence-electron chi connectivity index (χ4n) is 2.67. The van der Waals surface area contributed by atoms with Crippen LogP contribution in [0.3, 0.4) is 0 Å². The number of rotatable bonds is 8. The summed E-state index contributed by atoms with van der Waals surface area (Å²) in [4.78, 5) is 18.9. The zero-order valence-electron chi connectivity index (χ0n) is 16.0. The van der Waals surface area contributed by atoms with Gasteiger partial charge in [-0.2, -0.15) is 0 Å². The largest absolute Gasteiger partial charge is 0.479 e. The fraction of sp³-hybridized carbons (Fsp3) is 0.182. The van der Waals surface area contributed by atoms with Crippen molar-refractivity contribution in [3.8, 4) is 5.95 Å². The highest BCUT2D eigenvalue weighted by molar-refractivity contribution is 5.82. The van der Waals surface area contributed by atoms with Gasteiger partial charge in [-0.15, -0.1) is 0 Å². The number of unbranched alkanes of at least 4 members (excludes halogenated alkanes) is 1. The van der Waals surface area contributed by atoms with Crippen LogP contribution < -0.4 is 0 Å². The Hall–Kier alpha value is -3.74. The van der Waals surface area contributed by atoms with Gasteiger partial charge in [0.05, 0.1) is 16.8 Å². The van der Waals surface area contributed by atoms with E-state index in [2.05, 4.69) is 16.9 Å². The Bertz CT molecular complexity index is 1040. The molecule has 0 saturated carbocycles. The third-order valence-electron chi connectivity index (χ3n) is 4.24. The molecule has 3 rings (SSSR count). The van der Waals surface area contributed by atoms with Crippen molar-refractivity contribution in [2.24, 2.45) is 4.99 Å². The van der Waals surface area contributed by atoms with Gasteiger partial charge in [0.15, 0.2) is 5.69 Å². The summed E-state index contributed by atoms with van der Waals surface area (Å²) in [6, 6.07) is 14.1. The number of aryl methyl sites for hydroxylation is 1. The number of aliphatic imine (C=N–C) groups is 1. The minimum Gasteiger partial charge on any atom is -0.479 e. The fourth-order valence-corrected chi connectivity index (χ4v) is 2.67. The second kappa shape index (κ2) is 9.45. The predicted octanol–water partition coefficient (Wildman–Crippen LogP) is 5.55. The van der Waals surface area contributed by atoms with Crippen LogP contribution in [0.4, 0.5) is 11.4 Å². The van der Waals surface area contributed by atoms with Gasteiger partial charge in [0.2, 0.25) is 5.89 Å². The van der Waals surface area contributed by atoms with Crippen LogP contribution in [0.1, 0.15) is 42.5 Å². The van der Waals surface area contributed by atoms with Crippen LogP contribution in [0, 0.1) is 10.1 Å². The van der Waals surface area contributed by atoms with E-state index < -0.39 is 4.92 Å². The Labute approximate surface area is 168 Å². The molecule has 3 aromatic rings. The highest BCUT2D eigenvalue weighted by Crippen LogP contribution is 2.21. The highest BCUT2D eigenvalue weighted by Gasteiger charge is 2.09. The molecule has 0 unspecified atom stereocenters. The van der Waals surface area contributed by atoms with Gasteiger partial charge < -0.3 is 9.52 Å². The second-order valence-corrected chi connectivity index (χ2v) is 6.46. The lowest BCUT2D eigenvalue weighted by atomic mass is 10.1. The molecular weight excluding hydrogens is 370 g/mol. The van der Waals surface area contributed by atoms with Gasteiger partial charge in [0.25, 0.3) is 5.69 Å². The summed E-state index contributed by atoms with van der Waals surface area (Å²) in [5, 5.41) is 20.8. The van der Waals surface area contributed by atoms with E-state index in [0.717, 1.165) is 24.9 Å². The zero-order valence-corrected chi connectivity index (χ0v) is 16.0. The molecule has 0 fully saturated rings. The van der Waals surface area contributed by atoms with E-state index in [0.29, 0.717) is 5.56 Å². The van der Waals surface area contributed by atoms with E-state index in [4.69, 9.17) is 4.42 Å². The molecule has 1 heterocycles. The SMILES string of the molecule is CCCCc1ccc(N=Cc2nc(/C=C/c3cccc([N+](=O)[O-])c3)oc2O)cc1. The van der Waals surface area contributed by atoms with Gasteiger partial charge in [-0.25, -0.2) is 4.98 Å². The van der Waals surface area contributed by atoms with Crippen molar-refractivity contribution < 1.29 is 14.4 Å². The molecule has 0 spiro atoms. The molecular formula is C22H21N3O4. The second-order valence-electron chi connectivity index (χ2n) is 6.46. The first-order valence-corrected chi connectivity index (χ1v) is 9.30. The van der Waals surface area contributed by atoms with Crippen LogP contribution in [0.15, 0.2) is 57.9 Å². The van der Waals surface area contributed by atoms with Crippen molar-refractivity contribution in [2.75, 3.05) is 0 Å². The standard InChI is InChI=1S/C22H21N3O4/c1-2-3-5-16-8-11-18(12-9-16)23-15-20-22(26)29-21(24-20)13-10-17-6-4-7-19(14-17)25(27)28/h4,6-15,26H,2-3,5H2,1H3/b13-10+,23-15?. The Morgan fingerprint density at radius 3 is 2.72 bits per heavy atom. The van der Waals surface area contributed by atoms with Gasteiger partial charge in [0.1, 0.15) is 0 Å².